The van der Waals surface area contributed by atoms with Gasteiger partial charge in [0.2, 0.25) is 10.0 Å². The van der Waals surface area contributed by atoms with Crippen molar-refractivity contribution in [2.24, 2.45) is 0 Å². The van der Waals surface area contributed by atoms with Crippen LogP contribution in [-0.4, -0.2) is 32.7 Å². The fourth-order valence-electron chi connectivity index (χ4n) is 1.50. The van der Waals surface area contributed by atoms with Crippen molar-refractivity contribution in [3.63, 3.8) is 0 Å². The van der Waals surface area contributed by atoms with Crippen molar-refractivity contribution in [3.8, 4) is 0 Å². The molecule has 8 heteroatoms. The van der Waals surface area contributed by atoms with Gasteiger partial charge in [-0.3, -0.25) is 4.79 Å². The first-order valence-electron chi connectivity index (χ1n) is 5.53. The van der Waals surface area contributed by atoms with E-state index in [-0.39, 0.29) is 12.5 Å². The van der Waals surface area contributed by atoms with E-state index in [4.69, 9.17) is 0 Å². The summed E-state index contributed by atoms with van der Waals surface area (Å²) in [7, 11) is -3.30. The lowest BCUT2D eigenvalue weighted by molar-refractivity contribution is 0.0948. The maximum atomic E-state index is 11.9. The molecule has 0 spiro atoms. The molecule has 1 rings (SSSR count). The number of thiophene rings is 1. The van der Waals surface area contributed by atoms with Crippen molar-refractivity contribution in [2.45, 2.75) is 26.3 Å². The Bertz CT molecular complexity index is 559. The van der Waals surface area contributed by atoms with Crippen molar-refractivity contribution in [3.05, 3.63) is 20.3 Å². The lowest BCUT2D eigenvalue weighted by Crippen LogP contribution is -2.50. The largest absolute Gasteiger partial charge is 0.349 e. The Morgan fingerprint density at radius 3 is 2.47 bits per heavy atom. The predicted molar refractivity (Wildman–Crippen MR) is 81.1 cm³/mol. The van der Waals surface area contributed by atoms with Gasteiger partial charge in [-0.25, -0.2) is 13.1 Å². The maximum absolute atomic E-state index is 11.9. The van der Waals surface area contributed by atoms with Gasteiger partial charge in [0.25, 0.3) is 5.91 Å². The first-order valence-corrected chi connectivity index (χ1v) is 9.03. The average molecular weight is 369 g/mol. The van der Waals surface area contributed by atoms with Gasteiger partial charge >= 0.3 is 0 Å². The van der Waals surface area contributed by atoms with E-state index in [0.29, 0.717) is 4.88 Å². The number of carbonyl (C=O) groups excluding carboxylic acids is 1. The predicted octanol–water partition coefficient (Wildman–Crippen LogP) is 1.88. The van der Waals surface area contributed by atoms with Crippen LogP contribution in [0.4, 0.5) is 0 Å². The lowest BCUT2D eigenvalue weighted by atomic mass is 10.1. The van der Waals surface area contributed by atoms with Crippen LogP contribution < -0.4 is 10.0 Å². The normalized spacial score (nSPS) is 12.5. The maximum Gasteiger partial charge on any atom is 0.261 e. The van der Waals surface area contributed by atoms with Gasteiger partial charge in [0.1, 0.15) is 0 Å². The third-order valence-corrected chi connectivity index (χ3v) is 5.29. The third-order valence-electron chi connectivity index (χ3n) is 2.23. The van der Waals surface area contributed by atoms with Crippen LogP contribution in [0, 0.1) is 6.92 Å². The minimum absolute atomic E-state index is 0.206. The van der Waals surface area contributed by atoms with Crippen molar-refractivity contribution in [1.29, 1.82) is 0 Å². The quantitative estimate of drug-likeness (QED) is 0.832. The van der Waals surface area contributed by atoms with Crippen LogP contribution >= 0.6 is 27.3 Å². The SMILES string of the molecule is Cc1cc(C(=O)NCC(C)(C)NS(C)(=O)=O)sc1Br. The monoisotopic (exact) mass is 368 g/mol. The number of rotatable bonds is 5. The smallest absolute Gasteiger partial charge is 0.261 e. The molecule has 0 aliphatic heterocycles. The topological polar surface area (TPSA) is 75.3 Å². The van der Waals surface area contributed by atoms with E-state index in [1.807, 2.05) is 6.92 Å². The van der Waals surface area contributed by atoms with E-state index in [0.717, 1.165) is 15.6 Å². The Kier molecular flexibility index (Phi) is 5.16. The van der Waals surface area contributed by atoms with Crippen molar-refractivity contribution < 1.29 is 13.2 Å². The average Bonchev–Trinajstić information content (AvgIpc) is 2.52. The summed E-state index contributed by atoms with van der Waals surface area (Å²) in [6.07, 6.45) is 1.09. The number of sulfonamides is 1. The number of carbonyl (C=O) groups is 1. The molecule has 0 fully saturated rings. The summed E-state index contributed by atoms with van der Waals surface area (Å²) < 4.78 is 25.8. The number of hydrogen-bond acceptors (Lipinski definition) is 4. The summed E-state index contributed by atoms with van der Waals surface area (Å²) in [4.78, 5) is 12.5. The number of nitrogens with one attached hydrogen (secondary N) is 2. The zero-order valence-electron chi connectivity index (χ0n) is 11.2. The van der Waals surface area contributed by atoms with Crippen LogP contribution in [0.15, 0.2) is 9.85 Å². The molecule has 1 heterocycles. The molecule has 0 aliphatic rings. The molecule has 19 heavy (non-hydrogen) atoms. The molecule has 0 saturated carbocycles. The van der Waals surface area contributed by atoms with Crippen LogP contribution in [0.1, 0.15) is 29.1 Å². The van der Waals surface area contributed by atoms with Gasteiger partial charge in [-0.05, 0) is 48.3 Å². The summed E-state index contributed by atoms with van der Waals surface area (Å²) in [6.45, 7) is 5.55. The molecule has 5 nitrogen and oxygen atoms in total. The molecule has 0 bridgehead atoms. The Labute approximate surface area is 126 Å². The minimum atomic E-state index is -3.30. The van der Waals surface area contributed by atoms with Gasteiger partial charge in [-0.15, -0.1) is 11.3 Å². The highest BCUT2D eigenvalue weighted by Crippen LogP contribution is 2.27. The molecular formula is C11H17BrN2O3S2. The molecule has 0 atom stereocenters. The molecular weight excluding hydrogens is 352 g/mol. The Balaban J connectivity index is 2.64. The molecule has 1 amide bonds. The Hall–Kier alpha value is -0.440. The zero-order chi connectivity index (χ0) is 14.8. The number of hydrogen-bond donors (Lipinski definition) is 2. The fraction of sp³-hybridized carbons (Fsp3) is 0.545. The number of halogens is 1. The summed E-state index contributed by atoms with van der Waals surface area (Å²) in [5.74, 6) is -0.206. The minimum Gasteiger partial charge on any atom is -0.349 e. The summed E-state index contributed by atoms with van der Waals surface area (Å²) >= 11 is 4.71. The van der Waals surface area contributed by atoms with Crippen LogP contribution in [0.3, 0.4) is 0 Å². The molecule has 0 aliphatic carbocycles. The highest BCUT2D eigenvalue weighted by molar-refractivity contribution is 9.11. The van der Waals surface area contributed by atoms with E-state index >= 15 is 0 Å². The van der Waals surface area contributed by atoms with E-state index < -0.39 is 15.6 Å². The molecule has 1 aromatic rings. The second kappa shape index (κ2) is 5.90. The molecule has 0 radical (unpaired) electrons. The zero-order valence-corrected chi connectivity index (χ0v) is 14.4. The van der Waals surface area contributed by atoms with Crippen molar-refractivity contribution in [1.82, 2.24) is 10.0 Å². The van der Waals surface area contributed by atoms with Gasteiger partial charge < -0.3 is 5.32 Å². The summed E-state index contributed by atoms with van der Waals surface area (Å²) in [6, 6.07) is 1.79. The number of amides is 1. The second-order valence-electron chi connectivity index (χ2n) is 5.01. The molecule has 108 valence electrons. The lowest BCUT2D eigenvalue weighted by Gasteiger charge is -2.25. The van der Waals surface area contributed by atoms with E-state index in [1.54, 1.807) is 19.9 Å². The van der Waals surface area contributed by atoms with Gasteiger partial charge in [0.05, 0.1) is 14.9 Å². The van der Waals surface area contributed by atoms with Gasteiger partial charge in [0, 0.05) is 12.1 Å². The summed E-state index contributed by atoms with van der Waals surface area (Å²) in [5, 5.41) is 2.73. The summed E-state index contributed by atoms with van der Waals surface area (Å²) in [5.41, 5.74) is 0.274. The van der Waals surface area contributed by atoms with Crippen molar-refractivity contribution >= 4 is 43.2 Å². The first-order chi connectivity index (χ1) is 8.50. The van der Waals surface area contributed by atoms with Crippen LogP contribution in [-0.2, 0) is 10.0 Å². The van der Waals surface area contributed by atoms with Crippen molar-refractivity contribution in [2.75, 3.05) is 12.8 Å². The first kappa shape index (κ1) is 16.6. The fourth-order valence-corrected chi connectivity index (χ4v) is 4.03. The van der Waals surface area contributed by atoms with Gasteiger partial charge in [-0.1, -0.05) is 0 Å². The van der Waals surface area contributed by atoms with Gasteiger partial charge in [0.15, 0.2) is 0 Å². The second-order valence-corrected chi connectivity index (χ2v) is 9.13. The van der Waals surface area contributed by atoms with Gasteiger partial charge in [-0.2, -0.15) is 0 Å². The molecule has 0 aromatic carbocycles. The van der Waals surface area contributed by atoms with E-state index in [9.17, 15) is 13.2 Å². The standard InChI is InChI=1S/C11H17BrN2O3S2/c1-7-5-8(18-9(7)12)10(15)13-6-11(2,3)14-19(4,16)17/h5,14H,6H2,1-4H3,(H,13,15). The van der Waals surface area contributed by atoms with E-state index in [1.165, 1.54) is 11.3 Å². The molecule has 2 N–H and O–H groups in total. The highest BCUT2D eigenvalue weighted by atomic mass is 79.9. The Morgan fingerprint density at radius 2 is 2.05 bits per heavy atom. The number of aryl methyl sites for hydroxylation is 1. The molecule has 0 unspecified atom stereocenters. The molecule has 1 aromatic heterocycles. The molecule has 0 saturated heterocycles. The van der Waals surface area contributed by atoms with Crippen LogP contribution in [0.5, 0.6) is 0 Å². The Morgan fingerprint density at radius 1 is 1.47 bits per heavy atom. The third kappa shape index (κ3) is 5.60. The van der Waals surface area contributed by atoms with Crippen LogP contribution in [0.2, 0.25) is 0 Å². The highest BCUT2D eigenvalue weighted by Gasteiger charge is 2.23. The van der Waals surface area contributed by atoms with Crippen LogP contribution in [0.25, 0.3) is 0 Å². The van der Waals surface area contributed by atoms with E-state index in [2.05, 4.69) is 26.0 Å².